The Labute approximate surface area is 82.3 Å². The second kappa shape index (κ2) is 4.95. The summed E-state index contributed by atoms with van der Waals surface area (Å²) >= 11 is 0. The number of ether oxygens (including phenoxy) is 3. The average Bonchev–Trinajstić information content (AvgIpc) is 2.16. The number of carbonyl (C=O) groups is 2. The lowest BCUT2D eigenvalue weighted by Crippen LogP contribution is -2.37. The number of rotatable bonds is 2. The molecular weight excluding hydrogens is 188 g/mol. The van der Waals surface area contributed by atoms with Gasteiger partial charge in [0.05, 0.1) is 13.7 Å². The average molecular weight is 202 g/mol. The molecule has 5 heteroatoms. The highest BCUT2D eigenvalue weighted by Gasteiger charge is 2.30. The van der Waals surface area contributed by atoms with E-state index in [0.717, 1.165) is 0 Å². The minimum atomic E-state index is -0.599. The third kappa shape index (κ3) is 2.99. The van der Waals surface area contributed by atoms with Crippen LogP contribution < -0.4 is 0 Å². The van der Waals surface area contributed by atoms with Crippen LogP contribution in [0.5, 0.6) is 0 Å². The monoisotopic (exact) mass is 202 g/mol. The SMILES string of the molecule is COC(=O)C1CC(OC(C)=O)CCO1. The van der Waals surface area contributed by atoms with Gasteiger partial charge in [0.1, 0.15) is 6.10 Å². The molecule has 0 aliphatic carbocycles. The lowest BCUT2D eigenvalue weighted by molar-refractivity contribution is -0.168. The largest absolute Gasteiger partial charge is 0.467 e. The van der Waals surface area contributed by atoms with Crippen molar-refractivity contribution in [1.82, 2.24) is 0 Å². The van der Waals surface area contributed by atoms with Crippen molar-refractivity contribution in [3.8, 4) is 0 Å². The Bertz CT molecular complexity index is 225. The Morgan fingerprint density at radius 2 is 2.14 bits per heavy atom. The van der Waals surface area contributed by atoms with Gasteiger partial charge < -0.3 is 14.2 Å². The van der Waals surface area contributed by atoms with E-state index in [4.69, 9.17) is 9.47 Å². The second-order valence-electron chi connectivity index (χ2n) is 3.14. The molecule has 0 bridgehead atoms. The van der Waals surface area contributed by atoms with Gasteiger partial charge in [0, 0.05) is 19.8 Å². The van der Waals surface area contributed by atoms with Crippen molar-refractivity contribution in [3.63, 3.8) is 0 Å². The number of hydrogen-bond acceptors (Lipinski definition) is 5. The summed E-state index contributed by atoms with van der Waals surface area (Å²) in [5.41, 5.74) is 0. The van der Waals surface area contributed by atoms with Gasteiger partial charge in [-0.2, -0.15) is 0 Å². The standard InChI is InChI=1S/C9H14O5/c1-6(10)14-7-3-4-13-8(5-7)9(11)12-2/h7-8H,3-5H2,1-2H3. The molecule has 5 nitrogen and oxygen atoms in total. The zero-order valence-corrected chi connectivity index (χ0v) is 8.32. The van der Waals surface area contributed by atoms with Crippen LogP contribution >= 0.6 is 0 Å². The van der Waals surface area contributed by atoms with E-state index in [1.54, 1.807) is 0 Å². The highest BCUT2D eigenvalue weighted by atomic mass is 16.6. The molecule has 0 aromatic heterocycles. The molecule has 1 heterocycles. The summed E-state index contributed by atoms with van der Waals surface area (Å²) < 4.78 is 14.7. The van der Waals surface area contributed by atoms with Crippen molar-refractivity contribution in [1.29, 1.82) is 0 Å². The molecule has 14 heavy (non-hydrogen) atoms. The topological polar surface area (TPSA) is 61.8 Å². The number of methoxy groups -OCH3 is 1. The molecule has 1 aliphatic rings. The van der Waals surface area contributed by atoms with Crippen molar-refractivity contribution in [3.05, 3.63) is 0 Å². The second-order valence-corrected chi connectivity index (χ2v) is 3.14. The first-order chi connectivity index (χ1) is 6.63. The molecule has 0 spiro atoms. The number of carbonyl (C=O) groups excluding carboxylic acids is 2. The molecule has 0 aromatic rings. The van der Waals surface area contributed by atoms with Crippen molar-refractivity contribution >= 4 is 11.9 Å². The number of esters is 2. The third-order valence-electron chi connectivity index (χ3n) is 2.03. The predicted octanol–water partition coefficient (Wildman–Crippen LogP) is 0.270. The van der Waals surface area contributed by atoms with Gasteiger partial charge in [-0.05, 0) is 0 Å². The van der Waals surface area contributed by atoms with Crippen molar-refractivity contribution in [2.75, 3.05) is 13.7 Å². The van der Waals surface area contributed by atoms with E-state index in [0.29, 0.717) is 19.4 Å². The molecule has 1 rings (SSSR count). The van der Waals surface area contributed by atoms with Crippen molar-refractivity contribution < 1.29 is 23.8 Å². The molecule has 0 aromatic carbocycles. The summed E-state index contributed by atoms with van der Waals surface area (Å²) in [6.45, 7) is 1.76. The van der Waals surface area contributed by atoms with Gasteiger partial charge >= 0.3 is 11.9 Å². The molecule has 1 saturated heterocycles. The zero-order chi connectivity index (χ0) is 10.6. The first kappa shape index (κ1) is 11.0. The van der Waals surface area contributed by atoms with Gasteiger partial charge in [0.15, 0.2) is 6.10 Å². The first-order valence-corrected chi connectivity index (χ1v) is 4.50. The Kier molecular flexibility index (Phi) is 3.88. The maximum absolute atomic E-state index is 11.1. The lowest BCUT2D eigenvalue weighted by Gasteiger charge is -2.27. The summed E-state index contributed by atoms with van der Waals surface area (Å²) in [6, 6.07) is 0. The Balaban J connectivity index is 2.43. The van der Waals surface area contributed by atoms with Gasteiger partial charge in [-0.3, -0.25) is 4.79 Å². The van der Waals surface area contributed by atoms with Crippen LogP contribution in [0.25, 0.3) is 0 Å². The maximum atomic E-state index is 11.1. The first-order valence-electron chi connectivity index (χ1n) is 4.50. The van der Waals surface area contributed by atoms with Crippen LogP contribution in [0.2, 0.25) is 0 Å². The maximum Gasteiger partial charge on any atom is 0.335 e. The van der Waals surface area contributed by atoms with Crippen molar-refractivity contribution in [2.24, 2.45) is 0 Å². The Hall–Kier alpha value is -1.10. The summed E-state index contributed by atoms with van der Waals surface area (Å²) in [6.07, 6.45) is 0.183. The normalized spacial score (nSPS) is 26.7. The van der Waals surface area contributed by atoms with Gasteiger partial charge in [0.2, 0.25) is 0 Å². The molecule has 0 N–H and O–H groups in total. The molecule has 80 valence electrons. The quantitative estimate of drug-likeness (QED) is 0.601. The van der Waals surface area contributed by atoms with E-state index in [1.807, 2.05) is 0 Å². The molecular formula is C9H14O5. The molecule has 1 fully saturated rings. The molecule has 0 radical (unpaired) electrons. The van der Waals surface area contributed by atoms with Crippen LogP contribution in [0, 0.1) is 0 Å². The molecule has 0 saturated carbocycles. The summed E-state index contributed by atoms with van der Waals surface area (Å²) in [4.78, 5) is 21.8. The van der Waals surface area contributed by atoms with E-state index in [2.05, 4.69) is 4.74 Å². The summed E-state index contributed by atoms with van der Waals surface area (Å²) in [5.74, 6) is -0.748. The fraction of sp³-hybridized carbons (Fsp3) is 0.778. The van der Waals surface area contributed by atoms with E-state index in [9.17, 15) is 9.59 Å². The minimum Gasteiger partial charge on any atom is -0.467 e. The zero-order valence-electron chi connectivity index (χ0n) is 8.32. The molecule has 0 amide bonds. The van der Waals surface area contributed by atoms with E-state index in [1.165, 1.54) is 14.0 Å². The lowest BCUT2D eigenvalue weighted by atomic mass is 10.1. The molecule has 2 unspecified atom stereocenters. The van der Waals surface area contributed by atoms with Crippen LogP contribution in [0.3, 0.4) is 0 Å². The summed E-state index contributed by atoms with van der Waals surface area (Å²) in [5, 5.41) is 0. The van der Waals surface area contributed by atoms with Crippen LogP contribution in [0.15, 0.2) is 0 Å². The fourth-order valence-corrected chi connectivity index (χ4v) is 1.40. The Morgan fingerprint density at radius 1 is 1.43 bits per heavy atom. The fourth-order valence-electron chi connectivity index (χ4n) is 1.40. The molecule has 2 atom stereocenters. The highest BCUT2D eigenvalue weighted by Crippen LogP contribution is 2.17. The summed E-state index contributed by atoms with van der Waals surface area (Å²) in [7, 11) is 1.31. The van der Waals surface area contributed by atoms with E-state index in [-0.39, 0.29) is 12.1 Å². The predicted molar refractivity (Wildman–Crippen MR) is 46.5 cm³/mol. The van der Waals surface area contributed by atoms with Crippen LogP contribution in [-0.2, 0) is 23.8 Å². The van der Waals surface area contributed by atoms with Crippen LogP contribution in [0.4, 0.5) is 0 Å². The van der Waals surface area contributed by atoms with E-state index >= 15 is 0 Å². The third-order valence-corrected chi connectivity index (χ3v) is 2.03. The minimum absolute atomic E-state index is 0.231. The van der Waals surface area contributed by atoms with Gasteiger partial charge in [-0.1, -0.05) is 0 Å². The van der Waals surface area contributed by atoms with Gasteiger partial charge in [0.25, 0.3) is 0 Å². The Morgan fingerprint density at radius 3 is 2.71 bits per heavy atom. The van der Waals surface area contributed by atoms with Crippen molar-refractivity contribution in [2.45, 2.75) is 32.0 Å². The van der Waals surface area contributed by atoms with Gasteiger partial charge in [-0.15, -0.1) is 0 Å². The van der Waals surface area contributed by atoms with Gasteiger partial charge in [-0.25, -0.2) is 4.79 Å². The molecule has 1 aliphatic heterocycles. The number of hydrogen-bond donors (Lipinski definition) is 0. The smallest absolute Gasteiger partial charge is 0.335 e. The van der Waals surface area contributed by atoms with Crippen LogP contribution in [0.1, 0.15) is 19.8 Å². The highest BCUT2D eigenvalue weighted by molar-refractivity contribution is 5.74. The van der Waals surface area contributed by atoms with E-state index < -0.39 is 12.1 Å². The van der Waals surface area contributed by atoms with Crippen LogP contribution in [-0.4, -0.2) is 37.9 Å².